The molecule has 2 amide bonds. The fraction of sp³-hybridized carbons (Fsp3) is 0.500. The van der Waals surface area contributed by atoms with Gasteiger partial charge in [0.05, 0.1) is 12.1 Å². The van der Waals surface area contributed by atoms with E-state index in [0.717, 1.165) is 4.90 Å². The molecule has 0 unspecified atom stereocenters. The summed E-state index contributed by atoms with van der Waals surface area (Å²) in [5, 5.41) is 0. The van der Waals surface area contributed by atoms with Gasteiger partial charge >= 0.3 is 12.0 Å². The van der Waals surface area contributed by atoms with Gasteiger partial charge in [-0.25, -0.2) is 0 Å². The molecule has 0 aromatic heterocycles. The molecule has 2 saturated heterocycles. The smallest absolute Gasteiger partial charge is 0.343 e. The number of carbonyl (C=O) groups is 2. The van der Waals surface area contributed by atoms with E-state index in [1.807, 2.05) is 0 Å². The third-order valence-electron chi connectivity index (χ3n) is 4.47. The summed E-state index contributed by atoms with van der Waals surface area (Å²) < 4.78 is 33.2. The molecule has 23 heavy (non-hydrogen) atoms. The molecule has 0 aliphatic carbocycles. The van der Waals surface area contributed by atoms with Gasteiger partial charge in [0.2, 0.25) is 5.91 Å². The van der Waals surface area contributed by atoms with E-state index in [9.17, 15) is 18.4 Å². The van der Waals surface area contributed by atoms with Crippen molar-refractivity contribution in [3.8, 4) is 0 Å². The number of hydrogen-bond donors (Lipinski definition) is 0. The summed E-state index contributed by atoms with van der Waals surface area (Å²) in [7, 11) is 0. The number of likely N-dealkylation sites (tertiary alicyclic amines) is 1. The molecule has 2 aliphatic heterocycles. The lowest BCUT2D eigenvalue weighted by Crippen LogP contribution is -2.65. The number of alkyl halides is 2. The molecule has 3 rings (SSSR count). The van der Waals surface area contributed by atoms with Crippen LogP contribution < -0.4 is 4.90 Å². The number of carbonyl (C=O) groups excluding carboxylic acids is 2. The number of anilines is 1. The van der Waals surface area contributed by atoms with Gasteiger partial charge in [-0.1, -0.05) is 18.2 Å². The predicted molar refractivity (Wildman–Crippen MR) is 79.0 cm³/mol. The highest BCUT2D eigenvalue weighted by Gasteiger charge is 2.57. The molecule has 2 heterocycles. The first-order valence-electron chi connectivity index (χ1n) is 7.54. The van der Waals surface area contributed by atoms with Crippen LogP contribution in [0.25, 0.3) is 0 Å². The molecule has 124 valence electrons. The topological polar surface area (TPSA) is 49.9 Å². The number of amides is 2. The van der Waals surface area contributed by atoms with Gasteiger partial charge in [0.25, 0.3) is 0 Å². The van der Waals surface area contributed by atoms with Crippen LogP contribution in [0.3, 0.4) is 0 Å². The monoisotopic (exact) mass is 324 g/mol. The van der Waals surface area contributed by atoms with Crippen molar-refractivity contribution in [2.45, 2.75) is 31.5 Å². The van der Waals surface area contributed by atoms with Gasteiger partial charge in [-0.15, -0.1) is 0 Å². The van der Waals surface area contributed by atoms with Crippen molar-refractivity contribution in [3.63, 3.8) is 0 Å². The molecule has 1 aromatic carbocycles. The van der Waals surface area contributed by atoms with E-state index in [-0.39, 0.29) is 25.3 Å². The Bertz CT molecular complexity index is 613. The molecule has 2 aliphatic rings. The van der Waals surface area contributed by atoms with Gasteiger partial charge in [-0.05, 0) is 25.0 Å². The van der Waals surface area contributed by atoms with Gasteiger partial charge in [-0.3, -0.25) is 9.59 Å². The lowest BCUT2D eigenvalue weighted by molar-refractivity contribution is -0.292. The van der Waals surface area contributed by atoms with E-state index in [1.165, 1.54) is 6.92 Å². The maximum absolute atomic E-state index is 14.1. The molecule has 1 spiro atoms. The van der Waals surface area contributed by atoms with Gasteiger partial charge < -0.3 is 14.5 Å². The molecule has 1 aromatic rings. The zero-order valence-electron chi connectivity index (χ0n) is 12.8. The Morgan fingerprint density at radius 1 is 1.17 bits per heavy atom. The van der Waals surface area contributed by atoms with Crippen LogP contribution in [0.1, 0.15) is 19.8 Å². The number of nitrogens with zero attached hydrogens (tertiary/aromatic N) is 2. The molecule has 5 nitrogen and oxygen atoms in total. The Morgan fingerprint density at radius 2 is 1.78 bits per heavy atom. The van der Waals surface area contributed by atoms with Crippen molar-refractivity contribution < 1.29 is 23.1 Å². The van der Waals surface area contributed by atoms with Crippen LogP contribution in [-0.4, -0.2) is 48.1 Å². The molecular weight excluding hydrogens is 306 g/mol. The summed E-state index contributed by atoms with van der Waals surface area (Å²) in [6.45, 7) is 2.22. The first-order chi connectivity index (χ1) is 10.8. The number of halogens is 2. The Morgan fingerprint density at radius 3 is 2.35 bits per heavy atom. The van der Waals surface area contributed by atoms with Crippen LogP contribution in [0.15, 0.2) is 30.3 Å². The van der Waals surface area contributed by atoms with Crippen LogP contribution in [0.2, 0.25) is 0 Å². The quantitative estimate of drug-likeness (QED) is 0.794. The highest BCUT2D eigenvalue weighted by atomic mass is 19.3. The van der Waals surface area contributed by atoms with E-state index in [0.29, 0.717) is 18.8 Å². The summed E-state index contributed by atoms with van der Waals surface area (Å²) in [6, 6.07) is 8.39. The first kappa shape index (κ1) is 15.9. The molecular formula is C16H18F2N2O3. The van der Waals surface area contributed by atoms with Crippen LogP contribution in [-0.2, 0) is 14.3 Å². The van der Waals surface area contributed by atoms with Crippen LogP contribution in [0.5, 0.6) is 0 Å². The SMILES string of the molecule is CC(=O)N1CCC2(CC1)CN(c1ccccc1)C(=O)C(F)(F)O2. The maximum Gasteiger partial charge on any atom is 0.437 e. The maximum atomic E-state index is 14.1. The van der Waals surface area contributed by atoms with Gasteiger partial charge in [0.1, 0.15) is 0 Å². The number of hydrogen-bond acceptors (Lipinski definition) is 3. The average Bonchev–Trinajstić information content (AvgIpc) is 2.52. The lowest BCUT2D eigenvalue weighted by atomic mass is 9.88. The summed E-state index contributed by atoms with van der Waals surface area (Å²) in [6.07, 6.45) is -3.30. The van der Waals surface area contributed by atoms with Gasteiger partial charge in [0.15, 0.2) is 0 Å². The molecule has 0 saturated carbocycles. The first-order valence-corrected chi connectivity index (χ1v) is 7.54. The molecule has 0 bridgehead atoms. The van der Waals surface area contributed by atoms with Crippen LogP contribution >= 0.6 is 0 Å². The number of ether oxygens (including phenoxy) is 1. The molecule has 0 radical (unpaired) electrons. The van der Waals surface area contributed by atoms with Gasteiger partial charge in [-0.2, -0.15) is 8.78 Å². The number of benzene rings is 1. The predicted octanol–water partition coefficient (Wildman–Crippen LogP) is 2.02. The van der Waals surface area contributed by atoms with E-state index in [1.54, 1.807) is 35.2 Å². The van der Waals surface area contributed by atoms with E-state index >= 15 is 0 Å². The second-order valence-corrected chi connectivity index (χ2v) is 6.03. The van der Waals surface area contributed by atoms with Crippen LogP contribution in [0.4, 0.5) is 14.5 Å². The second-order valence-electron chi connectivity index (χ2n) is 6.03. The fourth-order valence-corrected chi connectivity index (χ4v) is 3.17. The Kier molecular flexibility index (Phi) is 3.83. The normalized spacial score (nSPS) is 23.2. The molecule has 0 atom stereocenters. The lowest BCUT2D eigenvalue weighted by Gasteiger charge is -2.48. The highest BCUT2D eigenvalue weighted by molar-refractivity contribution is 5.98. The summed E-state index contributed by atoms with van der Waals surface area (Å²) in [5.74, 6) is -1.43. The minimum atomic E-state index is -3.85. The molecule has 0 N–H and O–H groups in total. The van der Waals surface area contributed by atoms with Crippen molar-refractivity contribution in [2.24, 2.45) is 0 Å². The van der Waals surface area contributed by atoms with Crippen molar-refractivity contribution in [1.82, 2.24) is 4.90 Å². The minimum Gasteiger partial charge on any atom is -0.343 e. The van der Waals surface area contributed by atoms with Crippen molar-refractivity contribution in [3.05, 3.63) is 30.3 Å². The third-order valence-corrected chi connectivity index (χ3v) is 4.47. The number of para-hydroxylation sites is 1. The van der Waals surface area contributed by atoms with Crippen molar-refractivity contribution in [2.75, 3.05) is 24.5 Å². The molecule has 2 fully saturated rings. The standard InChI is InChI=1S/C16H18F2N2O3/c1-12(21)19-9-7-15(8-10-19)11-20(13-5-3-2-4-6-13)14(22)16(17,18)23-15/h2-6H,7-11H2,1H3. The number of morpholine rings is 1. The minimum absolute atomic E-state index is 0.0666. The Hall–Kier alpha value is -2.02. The second kappa shape index (κ2) is 5.56. The largest absolute Gasteiger partial charge is 0.437 e. The third kappa shape index (κ3) is 2.93. The fourth-order valence-electron chi connectivity index (χ4n) is 3.17. The molecule has 7 heteroatoms. The van der Waals surface area contributed by atoms with Crippen molar-refractivity contribution >= 4 is 17.5 Å². The summed E-state index contributed by atoms with van der Waals surface area (Å²) >= 11 is 0. The highest BCUT2D eigenvalue weighted by Crippen LogP contribution is 2.40. The van der Waals surface area contributed by atoms with E-state index in [4.69, 9.17) is 4.74 Å². The van der Waals surface area contributed by atoms with E-state index in [2.05, 4.69) is 0 Å². The average molecular weight is 324 g/mol. The zero-order valence-corrected chi connectivity index (χ0v) is 12.8. The summed E-state index contributed by atoms with van der Waals surface area (Å²) in [5.41, 5.74) is -0.701. The van der Waals surface area contributed by atoms with E-state index < -0.39 is 17.6 Å². The van der Waals surface area contributed by atoms with Crippen molar-refractivity contribution in [1.29, 1.82) is 0 Å². The number of rotatable bonds is 1. The zero-order chi connectivity index (χ0) is 16.7. The number of piperidine rings is 1. The Balaban J connectivity index is 1.86. The van der Waals surface area contributed by atoms with Crippen LogP contribution in [0, 0.1) is 0 Å². The summed E-state index contributed by atoms with van der Waals surface area (Å²) in [4.78, 5) is 26.1. The Labute approximate surface area is 132 Å². The van der Waals surface area contributed by atoms with Gasteiger partial charge in [0, 0.05) is 25.7 Å².